The molecule has 0 aromatic rings. The third kappa shape index (κ3) is 0.490. The highest BCUT2D eigenvalue weighted by molar-refractivity contribution is 5.64. The minimum Gasteiger partial charge on any atom is -0.307 e. The van der Waals surface area contributed by atoms with Gasteiger partial charge in [0.05, 0.1) is 12.8 Å². The Kier molecular flexibility index (Phi) is 0.759. The van der Waals surface area contributed by atoms with Crippen molar-refractivity contribution in [2.24, 2.45) is 5.10 Å². The maximum absolute atomic E-state index is 10.1. The van der Waals surface area contributed by atoms with E-state index in [4.69, 9.17) is 0 Å². The molecule has 1 aliphatic rings. The third-order valence-corrected chi connectivity index (χ3v) is 0.625. The van der Waals surface area contributed by atoms with Gasteiger partial charge < -0.3 is 5.43 Å². The molecule has 1 unspecified atom stereocenters. The standard InChI is InChI=1S/C3H5N2O/c6-3-1-4-5-2-3/h1,3,5H,2H2. The third-order valence-electron chi connectivity index (χ3n) is 0.625. The molecule has 1 radical (unpaired) electrons. The van der Waals surface area contributed by atoms with Crippen LogP contribution in [0.4, 0.5) is 0 Å². The summed E-state index contributed by atoms with van der Waals surface area (Å²) in [5.74, 6) is 0. The summed E-state index contributed by atoms with van der Waals surface area (Å²) in [4.78, 5) is 0. The van der Waals surface area contributed by atoms with Crippen molar-refractivity contribution < 1.29 is 5.11 Å². The van der Waals surface area contributed by atoms with E-state index in [-0.39, 0.29) is 0 Å². The average molecular weight is 85.1 g/mol. The van der Waals surface area contributed by atoms with E-state index in [2.05, 4.69) is 10.5 Å². The zero-order chi connectivity index (χ0) is 4.41. The summed E-state index contributed by atoms with van der Waals surface area (Å²) in [6.45, 7) is 0.458. The first kappa shape index (κ1) is 3.61. The average Bonchev–Trinajstić information content (AvgIpc) is 1.86. The number of hydrogen-bond donors (Lipinski definition) is 1. The van der Waals surface area contributed by atoms with E-state index in [1.807, 2.05) is 0 Å². The second-order valence-corrected chi connectivity index (χ2v) is 1.18. The highest BCUT2D eigenvalue weighted by Gasteiger charge is 2.04. The molecule has 1 atom stereocenters. The molecule has 0 aromatic carbocycles. The molecule has 0 bridgehead atoms. The van der Waals surface area contributed by atoms with Gasteiger partial charge in [0.15, 0.2) is 0 Å². The van der Waals surface area contributed by atoms with E-state index in [1.54, 1.807) is 0 Å². The van der Waals surface area contributed by atoms with Crippen LogP contribution in [-0.2, 0) is 5.11 Å². The van der Waals surface area contributed by atoms with Crippen LogP contribution in [0.2, 0.25) is 0 Å². The molecule has 3 heteroatoms. The molecule has 1 heterocycles. The Bertz CT molecular complexity index is 71.2. The lowest BCUT2D eigenvalue weighted by Gasteiger charge is -1.84. The molecule has 0 spiro atoms. The lowest BCUT2D eigenvalue weighted by Crippen LogP contribution is -2.12. The largest absolute Gasteiger partial charge is 0.307 e. The molecule has 0 fully saturated rings. The molecule has 1 rings (SSSR count). The quantitative estimate of drug-likeness (QED) is 0.418. The maximum Gasteiger partial charge on any atom is 0.148 e. The fourth-order valence-electron chi connectivity index (χ4n) is 0.331. The second kappa shape index (κ2) is 1.26. The van der Waals surface area contributed by atoms with Crippen molar-refractivity contribution in [2.75, 3.05) is 6.54 Å². The Balaban J connectivity index is 2.38. The van der Waals surface area contributed by atoms with E-state index >= 15 is 0 Å². The molecule has 33 valence electrons. The van der Waals surface area contributed by atoms with Crippen LogP contribution in [0.3, 0.4) is 0 Å². The van der Waals surface area contributed by atoms with E-state index < -0.39 is 6.10 Å². The van der Waals surface area contributed by atoms with Crippen LogP contribution in [0.1, 0.15) is 0 Å². The Morgan fingerprint density at radius 3 is 3.00 bits per heavy atom. The van der Waals surface area contributed by atoms with Gasteiger partial charge in [-0.05, 0) is 0 Å². The molecule has 1 aliphatic heterocycles. The highest BCUT2D eigenvalue weighted by atomic mass is 16.3. The van der Waals surface area contributed by atoms with E-state index in [0.717, 1.165) is 0 Å². The van der Waals surface area contributed by atoms with Gasteiger partial charge in [-0.15, -0.1) is 0 Å². The van der Waals surface area contributed by atoms with Gasteiger partial charge in [0.2, 0.25) is 0 Å². The minimum atomic E-state index is -0.606. The Hall–Kier alpha value is -0.570. The molecule has 3 nitrogen and oxygen atoms in total. The van der Waals surface area contributed by atoms with Gasteiger partial charge in [-0.3, -0.25) is 0 Å². The van der Waals surface area contributed by atoms with Gasteiger partial charge in [0.1, 0.15) is 6.10 Å². The Labute approximate surface area is 35.7 Å². The van der Waals surface area contributed by atoms with Crippen LogP contribution in [0.15, 0.2) is 5.10 Å². The molecule has 0 saturated carbocycles. The van der Waals surface area contributed by atoms with Crippen LogP contribution in [0.5, 0.6) is 0 Å². The molecule has 0 saturated heterocycles. The molecule has 1 N–H and O–H groups in total. The highest BCUT2D eigenvalue weighted by Crippen LogP contribution is 1.81. The van der Waals surface area contributed by atoms with E-state index in [9.17, 15) is 5.11 Å². The SMILES string of the molecule is [O]C1C=NNC1. The minimum absolute atomic E-state index is 0.458. The monoisotopic (exact) mass is 85.0 g/mol. The van der Waals surface area contributed by atoms with Crippen molar-refractivity contribution in [3.63, 3.8) is 0 Å². The zero-order valence-corrected chi connectivity index (χ0v) is 3.22. The van der Waals surface area contributed by atoms with Gasteiger partial charge >= 0.3 is 0 Å². The first-order chi connectivity index (χ1) is 2.89. The van der Waals surface area contributed by atoms with Crippen LogP contribution < -0.4 is 5.43 Å². The summed E-state index contributed by atoms with van der Waals surface area (Å²) < 4.78 is 0. The predicted molar refractivity (Wildman–Crippen MR) is 21.0 cm³/mol. The van der Waals surface area contributed by atoms with Gasteiger partial charge in [-0.2, -0.15) is 5.10 Å². The van der Waals surface area contributed by atoms with Crippen LogP contribution in [0.25, 0.3) is 0 Å². The van der Waals surface area contributed by atoms with Crippen molar-refractivity contribution in [3.05, 3.63) is 0 Å². The molecule has 0 amide bonds. The first-order valence-corrected chi connectivity index (χ1v) is 1.81. The molecular formula is C3H5N2O. The summed E-state index contributed by atoms with van der Waals surface area (Å²) in [6, 6.07) is 0. The smallest absolute Gasteiger partial charge is 0.148 e. The lowest BCUT2D eigenvalue weighted by atomic mass is 10.4. The molecule has 6 heavy (non-hydrogen) atoms. The Morgan fingerprint density at radius 1 is 2.00 bits per heavy atom. The van der Waals surface area contributed by atoms with Crippen LogP contribution in [0, 0.1) is 0 Å². The fraction of sp³-hybridized carbons (Fsp3) is 0.667. The van der Waals surface area contributed by atoms with Gasteiger partial charge in [-0.1, -0.05) is 0 Å². The maximum atomic E-state index is 10.1. The van der Waals surface area contributed by atoms with Crippen molar-refractivity contribution in [1.82, 2.24) is 5.43 Å². The Morgan fingerprint density at radius 2 is 2.83 bits per heavy atom. The summed E-state index contributed by atoms with van der Waals surface area (Å²) in [7, 11) is 0. The molecule has 0 aromatic heterocycles. The number of hydrazone groups is 1. The molecular weight excluding hydrogens is 80.0 g/mol. The number of nitrogens with zero attached hydrogens (tertiary/aromatic N) is 1. The van der Waals surface area contributed by atoms with E-state index in [0.29, 0.717) is 6.54 Å². The predicted octanol–water partition coefficient (Wildman–Crippen LogP) is -0.626. The summed E-state index contributed by atoms with van der Waals surface area (Å²) in [6.07, 6.45) is 0.755. The fourth-order valence-corrected chi connectivity index (χ4v) is 0.331. The van der Waals surface area contributed by atoms with Crippen molar-refractivity contribution in [1.29, 1.82) is 0 Å². The normalized spacial score (nSPS) is 30.5. The lowest BCUT2D eigenvalue weighted by molar-refractivity contribution is 0.157. The summed E-state index contributed by atoms with van der Waals surface area (Å²) >= 11 is 0. The van der Waals surface area contributed by atoms with Crippen molar-refractivity contribution in [3.8, 4) is 0 Å². The number of nitrogens with one attached hydrogen (secondary N) is 1. The van der Waals surface area contributed by atoms with Crippen molar-refractivity contribution in [2.45, 2.75) is 6.10 Å². The molecule has 0 aliphatic carbocycles. The van der Waals surface area contributed by atoms with Gasteiger partial charge in [0, 0.05) is 0 Å². The van der Waals surface area contributed by atoms with Crippen molar-refractivity contribution >= 4 is 6.21 Å². The first-order valence-electron chi connectivity index (χ1n) is 1.81. The number of hydrogen-bond acceptors (Lipinski definition) is 2. The van der Waals surface area contributed by atoms with E-state index in [1.165, 1.54) is 6.21 Å². The van der Waals surface area contributed by atoms with Crippen LogP contribution >= 0.6 is 0 Å². The van der Waals surface area contributed by atoms with Crippen LogP contribution in [-0.4, -0.2) is 18.9 Å². The topological polar surface area (TPSA) is 44.3 Å². The second-order valence-electron chi connectivity index (χ2n) is 1.18. The summed E-state index contributed by atoms with van der Waals surface area (Å²) in [5.41, 5.74) is 2.53. The summed E-state index contributed by atoms with van der Waals surface area (Å²) in [5, 5.41) is 13.6. The van der Waals surface area contributed by atoms with Gasteiger partial charge in [-0.25, -0.2) is 5.11 Å². The number of rotatable bonds is 0. The van der Waals surface area contributed by atoms with Gasteiger partial charge in [0.25, 0.3) is 0 Å². The zero-order valence-electron chi connectivity index (χ0n) is 3.22.